The predicted octanol–water partition coefficient (Wildman–Crippen LogP) is 3.85. The summed E-state index contributed by atoms with van der Waals surface area (Å²) < 4.78 is 55.3. The van der Waals surface area contributed by atoms with E-state index in [0.717, 1.165) is 31.2 Å². The molecule has 0 spiro atoms. The topological polar surface area (TPSA) is 74.8 Å². The largest absolute Gasteiger partial charge is 0.243 e. The highest BCUT2D eigenvalue weighted by Crippen LogP contribution is 2.31. The van der Waals surface area contributed by atoms with Gasteiger partial charge in [-0.15, -0.1) is 0 Å². The first-order chi connectivity index (χ1) is 14.3. The van der Waals surface area contributed by atoms with E-state index in [1.807, 2.05) is 30.3 Å². The molecule has 2 aromatic carbocycles. The average molecular weight is 451 g/mol. The third-order valence-corrected chi connectivity index (χ3v) is 9.66. The van der Waals surface area contributed by atoms with Crippen LogP contribution in [0.3, 0.4) is 0 Å². The zero-order valence-electron chi connectivity index (χ0n) is 17.6. The summed E-state index contributed by atoms with van der Waals surface area (Å²) in [4.78, 5) is 0.240. The second-order valence-electron chi connectivity index (χ2n) is 7.53. The molecule has 1 fully saturated rings. The Morgan fingerprint density at radius 2 is 1.27 bits per heavy atom. The molecule has 8 heteroatoms. The molecule has 30 heavy (non-hydrogen) atoms. The maximum Gasteiger partial charge on any atom is 0.243 e. The van der Waals surface area contributed by atoms with Crippen molar-refractivity contribution in [1.29, 1.82) is 0 Å². The second kappa shape index (κ2) is 9.60. The van der Waals surface area contributed by atoms with Gasteiger partial charge in [-0.25, -0.2) is 16.8 Å². The van der Waals surface area contributed by atoms with Crippen molar-refractivity contribution in [3.63, 3.8) is 0 Å². The van der Waals surface area contributed by atoms with Gasteiger partial charge in [0, 0.05) is 25.7 Å². The highest BCUT2D eigenvalue weighted by atomic mass is 32.2. The molecule has 2 aromatic rings. The van der Waals surface area contributed by atoms with Gasteiger partial charge < -0.3 is 0 Å². The first-order valence-electron chi connectivity index (χ1n) is 10.5. The number of nitrogens with zero attached hydrogens (tertiary/aromatic N) is 2. The first kappa shape index (κ1) is 22.9. The van der Waals surface area contributed by atoms with Gasteiger partial charge in [0.2, 0.25) is 20.0 Å². The molecule has 0 unspecified atom stereocenters. The smallest absolute Gasteiger partial charge is 0.207 e. The molecule has 3 rings (SSSR count). The maximum atomic E-state index is 13.5. The van der Waals surface area contributed by atoms with Crippen LogP contribution in [0.25, 0.3) is 0 Å². The Morgan fingerprint density at radius 3 is 1.77 bits per heavy atom. The van der Waals surface area contributed by atoms with Crippen LogP contribution >= 0.6 is 0 Å². The summed E-state index contributed by atoms with van der Waals surface area (Å²) in [5.74, 6) is 0. The molecule has 0 atom stereocenters. The van der Waals surface area contributed by atoms with Crippen LogP contribution < -0.4 is 0 Å². The third-order valence-electron chi connectivity index (χ3n) is 5.69. The minimum absolute atomic E-state index is 0.0331. The van der Waals surface area contributed by atoms with Gasteiger partial charge in [0.15, 0.2) is 0 Å². The van der Waals surface area contributed by atoms with Crippen molar-refractivity contribution in [1.82, 2.24) is 8.61 Å². The Bertz CT molecular complexity index is 1030. The van der Waals surface area contributed by atoms with E-state index in [1.165, 1.54) is 28.6 Å². The Balaban J connectivity index is 1.93. The second-order valence-corrected chi connectivity index (χ2v) is 11.4. The van der Waals surface area contributed by atoms with Crippen LogP contribution in [0, 0.1) is 0 Å². The van der Waals surface area contributed by atoms with Gasteiger partial charge >= 0.3 is 0 Å². The van der Waals surface area contributed by atoms with E-state index in [1.54, 1.807) is 18.2 Å². The summed E-state index contributed by atoms with van der Waals surface area (Å²) in [5.41, 5.74) is 0.939. The van der Waals surface area contributed by atoms with Crippen LogP contribution in [0.2, 0.25) is 0 Å². The molecule has 0 aliphatic heterocycles. The van der Waals surface area contributed by atoms with Gasteiger partial charge in [-0.2, -0.15) is 8.61 Å². The van der Waals surface area contributed by atoms with Crippen molar-refractivity contribution >= 4 is 20.0 Å². The Labute approximate surface area is 180 Å². The van der Waals surface area contributed by atoms with Crippen molar-refractivity contribution in [2.75, 3.05) is 13.1 Å². The maximum absolute atomic E-state index is 13.5. The molecular weight excluding hydrogens is 420 g/mol. The van der Waals surface area contributed by atoms with Crippen LogP contribution in [0.5, 0.6) is 0 Å². The van der Waals surface area contributed by atoms with Gasteiger partial charge in [0.25, 0.3) is 0 Å². The zero-order valence-corrected chi connectivity index (χ0v) is 19.2. The van der Waals surface area contributed by atoms with E-state index < -0.39 is 20.0 Å². The van der Waals surface area contributed by atoms with Gasteiger partial charge in [-0.3, -0.25) is 0 Å². The molecule has 164 valence electrons. The van der Waals surface area contributed by atoms with Crippen LogP contribution in [0.15, 0.2) is 64.4 Å². The molecule has 0 amide bonds. The van der Waals surface area contributed by atoms with Gasteiger partial charge in [-0.1, -0.05) is 57.0 Å². The third kappa shape index (κ3) is 4.77. The van der Waals surface area contributed by atoms with Crippen molar-refractivity contribution < 1.29 is 16.8 Å². The number of hydrogen-bond donors (Lipinski definition) is 0. The van der Waals surface area contributed by atoms with Crippen LogP contribution in [-0.2, 0) is 26.6 Å². The lowest BCUT2D eigenvalue weighted by Gasteiger charge is -2.28. The lowest BCUT2D eigenvalue weighted by molar-refractivity contribution is 0.316. The molecule has 1 saturated carbocycles. The Hall–Kier alpha value is -1.74. The summed E-state index contributed by atoms with van der Waals surface area (Å²) >= 11 is 0. The lowest BCUT2D eigenvalue weighted by Crippen LogP contribution is -2.38. The normalized spacial score (nSPS) is 15.9. The van der Waals surface area contributed by atoms with Gasteiger partial charge in [0.1, 0.15) is 0 Å². The monoisotopic (exact) mass is 450 g/mol. The highest BCUT2D eigenvalue weighted by Gasteiger charge is 2.33. The predicted molar refractivity (Wildman–Crippen MR) is 118 cm³/mol. The summed E-state index contributed by atoms with van der Waals surface area (Å²) in [5, 5.41) is 0. The van der Waals surface area contributed by atoms with Gasteiger partial charge in [0.05, 0.1) is 9.79 Å². The molecule has 0 heterocycles. The van der Waals surface area contributed by atoms with Crippen LogP contribution in [0.1, 0.15) is 45.1 Å². The summed E-state index contributed by atoms with van der Waals surface area (Å²) in [6, 6.07) is 15.2. The first-order valence-corrected chi connectivity index (χ1v) is 13.3. The number of rotatable bonds is 9. The van der Waals surface area contributed by atoms with E-state index in [9.17, 15) is 16.8 Å². The molecule has 0 aromatic heterocycles. The molecular formula is C22H30N2O4S2. The van der Waals surface area contributed by atoms with Crippen LogP contribution in [-0.4, -0.2) is 44.6 Å². The molecule has 1 aliphatic carbocycles. The quantitative estimate of drug-likeness (QED) is 0.582. The standard InChI is InChI=1S/C22H30N2O4S2/c1-3-23(4-2)29(25,26)21-14-16-22(17-15-21)30(27,28)24(20-12-8-9-13-20)18-19-10-6-5-7-11-19/h5-7,10-11,14-17,20H,3-4,8-9,12-13,18H2,1-2H3. The van der Waals surface area contributed by atoms with E-state index >= 15 is 0 Å². The highest BCUT2D eigenvalue weighted by molar-refractivity contribution is 7.89. The molecule has 0 saturated heterocycles. The van der Waals surface area contributed by atoms with Crippen molar-refractivity contribution in [3.05, 3.63) is 60.2 Å². The van der Waals surface area contributed by atoms with E-state index in [4.69, 9.17) is 0 Å². The van der Waals surface area contributed by atoms with E-state index in [2.05, 4.69) is 0 Å². The van der Waals surface area contributed by atoms with Crippen molar-refractivity contribution in [3.8, 4) is 0 Å². The summed E-state index contributed by atoms with van der Waals surface area (Å²) in [6.07, 6.45) is 3.74. The summed E-state index contributed by atoms with van der Waals surface area (Å²) in [6.45, 7) is 4.61. The van der Waals surface area contributed by atoms with Crippen LogP contribution in [0.4, 0.5) is 0 Å². The Morgan fingerprint density at radius 1 is 0.767 bits per heavy atom. The minimum Gasteiger partial charge on any atom is -0.207 e. The molecule has 0 bridgehead atoms. The fourth-order valence-corrected chi connectivity index (χ4v) is 7.13. The SMILES string of the molecule is CCN(CC)S(=O)(=O)c1ccc(S(=O)(=O)N(Cc2ccccc2)C2CCCC2)cc1. The minimum atomic E-state index is -3.75. The fourth-order valence-electron chi connectivity index (χ4n) is 4.00. The Kier molecular flexibility index (Phi) is 7.34. The molecule has 0 radical (unpaired) electrons. The molecule has 6 nitrogen and oxygen atoms in total. The number of sulfonamides is 2. The number of hydrogen-bond acceptors (Lipinski definition) is 4. The van der Waals surface area contributed by atoms with Crippen molar-refractivity contribution in [2.24, 2.45) is 0 Å². The summed E-state index contributed by atoms with van der Waals surface area (Å²) in [7, 11) is -7.37. The fraction of sp³-hybridized carbons (Fsp3) is 0.455. The average Bonchev–Trinajstić information content (AvgIpc) is 3.28. The van der Waals surface area contributed by atoms with E-state index in [0.29, 0.717) is 19.6 Å². The molecule has 1 aliphatic rings. The molecule has 0 N–H and O–H groups in total. The van der Waals surface area contributed by atoms with Crippen molar-refractivity contribution in [2.45, 2.75) is 61.9 Å². The van der Waals surface area contributed by atoms with E-state index in [-0.39, 0.29) is 15.8 Å². The zero-order chi connectivity index (χ0) is 21.8. The lowest BCUT2D eigenvalue weighted by atomic mass is 10.2. The number of benzene rings is 2. The van der Waals surface area contributed by atoms with Gasteiger partial charge in [-0.05, 0) is 42.7 Å².